The fraction of sp³-hybridized carbons (Fsp3) is 0.432. The first-order valence-electron chi connectivity index (χ1n) is 21.0. The van der Waals surface area contributed by atoms with Gasteiger partial charge in [0.15, 0.2) is 0 Å². The Morgan fingerprint density at radius 2 is 1.78 bits per heavy atom. The van der Waals surface area contributed by atoms with Gasteiger partial charge in [0, 0.05) is 79.7 Å². The average molecular weight is 833 g/mol. The Balaban J connectivity index is 0.850. The predicted molar refractivity (Wildman–Crippen MR) is 225 cm³/mol. The maximum absolute atomic E-state index is 13.9. The van der Waals surface area contributed by atoms with Gasteiger partial charge in [-0.25, -0.2) is 23.1 Å². The molecule has 16 heteroatoms. The molecular weight excluding hydrogens is 785 g/mol. The van der Waals surface area contributed by atoms with E-state index in [1.165, 1.54) is 37.4 Å². The van der Waals surface area contributed by atoms with Crippen LogP contribution in [0.3, 0.4) is 0 Å². The first-order valence-corrected chi connectivity index (χ1v) is 22.5. The van der Waals surface area contributed by atoms with Crippen LogP contribution in [-0.4, -0.2) is 84.5 Å². The monoisotopic (exact) mass is 832 g/mol. The molecule has 5 fully saturated rings. The molecule has 3 aromatic heterocycles. The maximum Gasteiger partial charge on any atom is 0.312 e. The van der Waals surface area contributed by atoms with E-state index in [1.54, 1.807) is 30.0 Å². The second kappa shape index (κ2) is 15.5. The summed E-state index contributed by atoms with van der Waals surface area (Å²) in [5.41, 5.74) is 4.31. The average Bonchev–Trinajstić information content (AvgIpc) is 3.77. The van der Waals surface area contributed by atoms with E-state index in [0.29, 0.717) is 43.2 Å². The molecule has 3 aliphatic heterocycles. The molecule has 3 saturated heterocycles. The van der Waals surface area contributed by atoms with Crippen LogP contribution in [0.15, 0.2) is 84.1 Å². The van der Waals surface area contributed by atoms with Crippen molar-refractivity contribution in [3.63, 3.8) is 0 Å². The molecule has 2 aromatic carbocycles. The van der Waals surface area contributed by atoms with Crippen molar-refractivity contribution >= 4 is 44.2 Å². The highest BCUT2D eigenvalue weighted by atomic mass is 32.2. The normalized spacial score (nSPS) is 20.8. The Labute approximate surface area is 348 Å². The number of benzene rings is 2. The van der Waals surface area contributed by atoms with E-state index < -0.39 is 31.4 Å². The van der Waals surface area contributed by atoms with Gasteiger partial charge in [-0.1, -0.05) is 24.3 Å². The number of H-pyrrole nitrogens is 1. The molecule has 6 heterocycles. The molecule has 2 aliphatic carbocycles. The lowest BCUT2D eigenvalue weighted by atomic mass is 9.60. The smallest absolute Gasteiger partial charge is 0.312 e. The lowest BCUT2D eigenvalue weighted by Gasteiger charge is -2.62. The third kappa shape index (κ3) is 7.56. The van der Waals surface area contributed by atoms with Crippen LogP contribution in [0, 0.1) is 21.4 Å². The first-order chi connectivity index (χ1) is 29.1. The summed E-state index contributed by atoms with van der Waals surface area (Å²) in [5.74, 6) is 0.486. The summed E-state index contributed by atoms with van der Waals surface area (Å²) in [6.07, 6.45) is 13.3. The summed E-state index contributed by atoms with van der Waals surface area (Å²) in [6, 6.07) is 19.8. The summed E-state index contributed by atoms with van der Waals surface area (Å²) in [4.78, 5) is 41.3. The molecule has 0 radical (unpaired) electrons. The fourth-order valence-electron chi connectivity index (χ4n) is 9.89. The van der Waals surface area contributed by atoms with Crippen molar-refractivity contribution in [3.8, 4) is 11.5 Å². The number of nitrogens with one attached hydrogen (secondary N) is 3. The second-order valence-corrected chi connectivity index (χ2v) is 18.9. The van der Waals surface area contributed by atoms with Crippen molar-refractivity contribution < 1.29 is 27.6 Å². The predicted octanol–water partition coefficient (Wildman–Crippen LogP) is 7.30. The van der Waals surface area contributed by atoms with Gasteiger partial charge in [-0.3, -0.25) is 19.8 Å². The molecule has 5 aromatic rings. The minimum Gasteiger partial charge on any atom is -0.455 e. The number of aromatic amines is 1. The number of nitrogens with zero attached hydrogens (tertiary/aromatic N) is 5. The highest BCUT2D eigenvalue weighted by Crippen LogP contribution is 2.55. The Morgan fingerprint density at radius 1 is 0.983 bits per heavy atom. The molecular formula is C44H48N8O7S. The van der Waals surface area contributed by atoms with Gasteiger partial charge in [-0.2, -0.15) is 0 Å². The first kappa shape index (κ1) is 38.6. The van der Waals surface area contributed by atoms with Gasteiger partial charge < -0.3 is 24.7 Å². The SMILES string of the molecule is O=C(NS(=O)(=O)c1cnc(NCC2CCOCC2)c([N+](=O)[O-])c1)c1ccc(N2CC3(CC(N4CCC[C@H]4c4ccccc4C4CC4)C3)C2)cc1Oc1cnc2[nH]ccc2c1. The number of hydrogen-bond donors (Lipinski definition) is 3. The number of carbonyl (C=O) groups excluding carboxylic acids is 1. The van der Waals surface area contributed by atoms with Gasteiger partial charge in [0.1, 0.15) is 22.0 Å². The number of sulfonamides is 1. The third-order valence-corrected chi connectivity index (χ3v) is 14.5. The van der Waals surface area contributed by atoms with Crippen molar-refractivity contribution in [1.29, 1.82) is 0 Å². The topological polar surface area (TPSA) is 185 Å². The van der Waals surface area contributed by atoms with E-state index in [1.807, 2.05) is 12.1 Å². The quantitative estimate of drug-likeness (QED) is 0.0796. The van der Waals surface area contributed by atoms with Crippen LogP contribution < -0.4 is 19.7 Å². The van der Waals surface area contributed by atoms with Gasteiger partial charge in [-0.15, -0.1) is 0 Å². The lowest BCUT2D eigenvalue weighted by molar-refractivity contribution is -0.384. The maximum atomic E-state index is 13.9. The highest BCUT2D eigenvalue weighted by Gasteiger charge is 2.55. The van der Waals surface area contributed by atoms with E-state index in [9.17, 15) is 23.3 Å². The number of likely N-dealkylation sites (tertiary alicyclic amines) is 1. The molecule has 1 amide bonds. The van der Waals surface area contributed by atoms with Gasteiger partial charge in [0.05, 0.1) is 22.9 Å². The number of rotatable bonds is 13. The van der Waals surface area contributed by atoms with Crippen molar-refractivity contribution in [2.24, 2.45) is 11.3 Å². The molecule has 2 saturated carbocycles. The van der Waals surface area contributed by atoms with Crippen molar-refractivity contribution in [2.75, 3.05) is 49.6 Å². The van der Waals surface area contributed by atoms with Crippen molar-refractivity contribution in [1.82, 2.24) is 24.6 Å². The van der Waals surface area contributed by atoms with Crippen LogP contribution in [0.1, 0.15) is 84.8 Å². The number of carbonyl (C=O) groups is 1. The minimum atomic E-state index is -4.59. The number of fused-ring (bicyclic) bond motifs is 1. The number of amides is 1. The molecule has 0 bridgehead atoms. The van der Waals surface area contributed by atoms with Crippen LogP contribution in [0.4, 0.5) is 17.2 Å². The summed E-state index contributed by atoms with van der Waals surface area (Å²) in [7, 11) is -4.59. The Bertz CT molecular complexity index is 2560. The van der Waals surface area contributed by atoms with Crippen LogP contribution >= 0.6 is 0 Å². The second-order valence-electron chi connectivity index (χ2n) is 17.3. The van der Waals surface area contributed by atoms with Crippen LogP contribution in [0.5, 0.6) is 11.5 Å². The largest absolute Gasteiger partial charge is 0.455 e. The zero-order valence-corrected chi connectivity index (χ0v) is 34.0. The van der Waals surface area contributed by atoms with E-state index in [0.717, 1.165) is 74.6 Å². The summed E-state index contributed by atoms with van der Waals surface area (Å²) >= 11 is 0. The Kier molecular flexibility index (Phi) is 9.95. The van der Waals surface area contributed by atoms with Gasteiger partial charge in [0.25, 0.3) is 15.9 Å². The molecule has 5 aliphatic rings. The number of aromatic nitrogens is 3. The molecule has 1 atom stereocenters. The fourth-order valence-corrected chi connectivity index (χ4v) is 10.8. The zero-order chi connectivity index (χ0) is 41.0. The summed E-state index contributed by atoms with van der Waals surface area (Å²) in [6.45, 7) is 4.56. The van der Waals surface area contributed by atoms with E-state index in [2.05, 4.69) is 59.1 Å². The molecule has 3 N–H and O–H groups in total. The molecule has 1 spiro atoms. The van der Waals surface area contributed by atoms with Crippen LogP contribution in [-0.2, 0) is 14.8 Å². The standard InChI is InChI=1S/C44H48N8O7S/c53-43(49-60(56,57)34-20-39(52(54)55)42(48-25-34)46-23-28-12-16-58-17-13-28)37-10-9-31(19-40(37)59-33-18-30-11-14-45-41(30)47-24-33)50-26-44(27-50)21-32(22-44)51-15-3-6-38(51)36-5-2-1-4-35(36)29-7-8-29/h1-2,4-5,9-11,14,18-20,24-25,28-29,32,38H,3,6-8,12-13,15-17,21-23,26-27H2,(H,45,47)(H,46,48)(H,49,53)/t38-/m0/s1. The van der Waals surface area contributed by atoms with Gasteiger partial charge in [0.2, 0.25) is 5.82 Å². The lowest BCUT2D eigenvalue weighted by Crippen LogP contribution is -2.66. The number of ether oxygens (including phenoxy) is 2. The van der Waals surface area contributed by atoms with Crippen molar-refractivity contribution in [2.45, 2.75) is 74.3 Å². The van der Waals surface area contributed by atoms with Gasteiger partial charge in [-0.05, 0) is 105 Å². The Morgan fingerprint density at radius 3 is 2.57 bits per heavy atom. The van der Waals surface area contributed by atoms with E-state index in [-0.39, 0.29) is 28.5 Å². The highest BCUT2D eigenvalue weighted by molar-refractivity contribution is 7.90. The molecule has 60 heavy (non-hydrogen) atoms. The van der Waals surface area contributed by atoms with Crippen LogP contribution in [0.2, 0.25) is 0 Å². The Hall–Kier alpha value is -5.58. The molecule has 15 nitrogen and oxygen atoms in total. The third-order valence-electron chi connectivity index (χ3n) is 13.2. The molecule has 10 rings (SSSR count). The van der Waals surface area contributed by atoms with Crippen molar-refractivity contribution in [3.05, 3.63) is 106 Å². The number of hydrogen-bond acceptors (Lipinski definition) is 12. The summed E-state index contributed by atoms with van der Waals surface area (Å²) < 4.78 is 41.0. The molecule has 312 valence electrons. The molecule has 0 unspecified atom stereocenters. The zero-order valence-electron chi connectivity index (χ0n) is 33.2. The number of pyridine rings is 2. The number of nitro groups is 1. The number of anilines is 2. The minimum absolute atomic E-state index is 0.0285. The van der Waals surface area contributed by atoms with E-state index in [4.69, 9.17) is 9.47 Å². The van der Waals surface area contributed by atoms with Crippen LogP contribution in [0.25, 0.3) is 11.0 Å². The summed E-state index contributed by atoms with van der Waals surface area (Å²) in [5, 5.41) is 15.8. The van der Waals surface area contributed by atoms with Gasteiger partial charge >= 0.3 is 5.69 Å². The van der Waals surface area contributed by atoms with E-state index >= 15 is 0 Å².